The van der Waals surface area contributed by atoms with E-state index in [0.29, 0.717) is 12.5 Å². The first-order valence-corrected chi connectivity index (χ1v) is 7.82. The SMILES string of the molecule is COCCNCC(C)(Cc1cc(Br)ccc1F)C(C)C. The number of nitrogens with one attached hydrogen (secondary N) is 1. The van der Waals surface area contributed by atoms with Crippen LogP contribution in [0, 0.1) is 17.2 Å². The highest BCUT2D eigenvalue weighted by atomic mass is 79.9. The van der Waals surface area contributed by atoms with Crippen molar-refractivity contribution in [2.75, 3.05) is 26.8 Å². The predicted octanol–water partition coefficient (Wildman–Crippen LogP) is 4.03. The van der Waals surface area contributed by atoms with Crippen molar-refractivity contribution in [3.8, 4) is 0 Å². The summed E-state index contributed by atoms with van der Waals surface area (Å²) in [6.45, 7) is 8.94. The van der Waals surface area contributed by atoms with Crippen molar-refractivity contribution in [1.82, 2.24) is 5.32 Å². The van der Waals surface area contributed by atoms with E-state index in [1.54, 1.807) is 13.2 Å². The second-order valence-corrected chi connectivity index (χ2v) is 6.81. The molecule has 4 heteroatoms. The molecule has 0 saturated heterocycles. The first-order valence-electron chi connectivity index (χ1n) is 7.02. The van der Waals surface area contributed by atoms with E-state index in [4.69, 9.17) is 4.74 Å². The van der Waals surface area contributed by atoms with Crippen molar-refractivity contribution in [3.63, 3.8) is 0 Å². The molecule has 0 saturated carbocycles. The van der Waals surface area contributed by atoms with E-state index in [1.165, 1.54) is 6.07 Å². The first kappa shape index (κ1) is 17.6. The fraction of sp³-hybridized carbons (Fsp3) is 0.625. The maximum absolute atomic E-state index is 13.9. The van der Waals surface area contributed by atoms with Crippen molar-refractivity contribution < 1.29 is 9.13 Å². The number of ether oxygens (including phenoxy) is 1. The number of hydrogen-bond donors (Lipinski definition) is 1. The van der Waals surface area contributed by atoms with Gasteiger partial charge in [0.05, 0.1) is 6.61 Å². The second kappa shape index (κ2) is 8.11. The molecule has 114 valence electrons. The van der Waals surface area contributed by atoms with Gasteiger partial charge in [-0.25, -0.2) is 4.39 Å². The molecule has 0 fully saturated rings. The van der Waals surface area contributed by atoms with Gasteiger partial charge in [-0.3, -0.25) is 0 Å². The van der Waals surface area contributed by atoms with Gasteiger partial charge in [0.2, 0.25) is 0 Å². The molecule has 0 aliphatic rings. The minimum Gasteiger partial charge on any atom is -0.383 e. The van der Waals surface area contributed by atoms with Gasteiger partial charge in [-0.2, -0.15) is 0 Å². The number of rotatable bonds is 8. The summed E-state index contributed by atoms with van der Waals surface area (Å²) in [4.78, 5) is 0. The molecule has 1 unspecified atom stereocenters. The summed E-state index contributed by atoms with van der Waals surface area (Å²) in [5, 5.41) is 3.40. The number of halogens is 2. The third-order valence-corrected chi connectivity index (χ3v) is 4.50. The van der Waals surface area contributed by atoms with Crippen LogP contribution in [-0.2, 0) is 11.2 Å². The molecule has 0 bridgehead atoms. The monoisotopic (exact) mass is 345 g/mol. The number of benzene rings is 1. The average molecular weight is 346 g/mol. The molecule has 1 rings (SSSR count). The van der Waals surface area contributed by atoms with E-state index in [0.717, 1.165) is 29.5 Å². The van der Waals surface area contributed by atoms with Crippen LogP contribution in [-0.4, -0.2) is 26.8 Å². The van der Waals surface area contributed by atoms with E-state index in [-0.39, 0.29) is 11.2 Å². The van der Waals surface area contributed by atoms with E-state index in [1.807, 2.05) is 6.07 Å². The highest BCUT2D eigenvalue weighted by Gasteiger charge is 2.29. The molecule has 0 heterocycles. The normalized spacial score (nSPS) is 14.6. The van der Waals surface area contributed by atoms with Gasteiger partial charge >= 0.3 is 0 Å². The van der Waals surface area contributed by atoms with Crippen LogP contribution in [0.5, 0.6) is 0 Å². The zero-order valence-electron chi connectivity index (χ0n) is 12.8. The van der Waals surface area contributed by atoms with Crippen LogP contribution in [0.25, 0.3) is 0 Å². The summed E-state index contributed by atoms with van der Waals surface area (Å²) in [7, 11) is 1.69. The summed E-state index contributed by atoms with van der Waals surface area (Å²) in [6, 6.07) is 5.14. The summed E-state index contributed by atoms with van der Waals surface area (Å²) in [5.41, 5.74) is 0.777. The van der Waals surface area contributed by atoms with Crippen LogP contribution in [0.15, 0.2) is 22.7 Å². The molecule has 1 atom stereocenters. The lowest BCUT2D eigenvalue weighted by Crippen LogP contribution is -2.39. The van der Waals surface area contributed by atoms with Gasteiger partial charge in [-0.15, -0.1) is 0 Å². The van der Waals surface area contributed by atoms with E-state index in [9.17, 15) is 4.39 Å². The Labute approximate surface area is 130 Å². The fourth-order valence-corrected chi connectivity index (χ4v) is 2.54. The van der Waals surface area contributed by atoms with Crippen LogP contribution >= 0.6 is 15.9 Å². The first-order chi connectivity index (χ1) is 9.39. The molecule has 1 N–H and O–H groups in total. The Morgan fingerprint density at radius 3 is 2.70 bits per heavy atom. The third kappa shape index (κ3) is 5.15. The van der Waals surface area contributed by atoms with E-state index in [2.05, 4.69) is 42.0 Å². The third-order valence-electron chi connectivity index (χ3n) is 4.01. The molecular weight excluding hydrogens is 321 g/mol. The Balaban J connectivity index is 2.77. The Kier molecular flexibility index (Phi) is 7.13. The maximum atomic E-state index is 13.9. The van der Waals surface area contributed by atoms with Gasteiger partial charge in [0, 0.05) is 24.7 Å². The quantitative estimate of drug-likeness (QED) is 0.718. The number of methoxy groups -OCH3 is 1. The van der Waals surface area contributed by atoms with Crippen LogP contribution in [0.2, 0.25) is 0 Å². The minimum absolute atomic E-state index is 0.00930. The Hall–Kier alpha value is -0.450. The Morgan fingerprint density at radius 2 is 2.10 bits per heavy atom. The molecule has 20 heavy (non-hydrogen) atoms. The lowest BCUT2D eigenvalue weighted by Gasteiger charge is -2.34. The smallest absolute Gasteiger partial charge is 0.126 e. The molecule has 1 aromatic rings. The molecule has 0 spiro atoms. The second-order valence-electron chi connectivity index (χ2n) is 5.89. The topological polar surface area (TPSA) is 21.3 Å². The highest BCUT2D eigenvalue weighted by molar-refractivity contribution is 9.10. The van der Waals surface area contributed by atoms with Crippen LogP contribution < -0.4 is 5.32 Å². The van der Waals surface area contributed by atoms with Crippen molar-refractivity contribution in [3.05, 3.63) is 34.1 Å². The van der Waals surface area contributed by atoms with E-state index < -0.39 is 0 Å². The van der Waals surface area contributed by atoms with Crippen LogP contribution in [0.1, 0.15) is 26.3 Å². The molecule has 0 amide bonds. The van der Waals surface area contributed by atoms with Crippen LogP contribution in [0.3, 0.4) is 0 Å². The Bertz CT molecular complexity index is 425. The number of hydrogen-bond acceptors (Lipinski definition) is 2. The van der Waals surface area contributed by atoms with Crippen LogP contribution in [0.4, 0.5) is 4.39 Å². The van der Waals surface area contributed by atoms with Crippen molar-refractivity contribution in [2.24, 2.45) is 11.3 Å². The van der Waals surface area contributed by atoms with E-state index >= 15 is 0 Å². The largest absolute Gasteiger partial charge is 0.383 e. The molecule has 2 nitrogen and oxygen atoms in total. The van der Waals surface area contributed by atoms with Gasteiger partial charge in [0.15, 0.2) is 0 Å². The van der Waals surface area contributed by atoms with Gasteiger partial charge in [-0.1, -0.05) is 36.7 Å². The van der Waals surface area contributed by atoms with Gasteiger partial charge in [-0.05, 0) is 41.5 Å². The van der Waals surface area contributed by atoms with Gasteiger partial charge < -0.3 is 10.1 Å². The summed E-state index contributed by atoms with van der Waals surface area (Å²) in [6.07, 6.45) is 0.718. The molecule has 0 aliphatic carbocycles. The standard InChI is InChI=1S/C16H25BrFNO/c1-12(2)16(3,11-19-7-8-20-4)10-13-9-14(17)5-6-15(13)18/h5-6,9,12,19H,7-8,10-11H2,1-4H3. The summed E-state index contributed by atoms with van der Waals surface area (Å²) >= 11 is 3.42. The fourth-order valence-electron chi connectivity index (χ4n) is 2.13. The molecule has 0 aliphatic heterocycles. The molecular formula is C16H25BrFNO. The van der Waals surface area contributed by atoms with Crippen molar-refractivity contribution in [1.29, 1.82) is 0 Å². The molecule has 0 aromatic heterocycles. The lowest BCUT2D eigenvalue weighted by molar-refractivity contribution is 0.174. The molecule has 1 aromatic carbocycles. The van der Waals surface area contributed by atoms with Crippen molar-refractivity contribution >= 4 is 15.9 Å². The summed E-state index contributed by atoms with van der Waals surface area (Å²) < 4.78 is 19.9. The highest BCUT2D eigenvalue weighted by Crippen LogP contribution is 2.32. The van der Waals surface area contributed by atoms with Crippen molar-refractivity contribution in [2.45, 2.75) is 27.2 Å². The average Bonchev–Trinajstić information content (AvgIpc) is 2.39. The predicted molar refractivity (Wildman–Crippen MR) is 85.5 cm³/mol. The Morgan fingerprint density at radius 1 is 1.40 bits per heavy atom. The molecule has 0 radical (unpaired) electrons. The van der Waals surface area contributed by atoms with Gasteiger partial charge in [0.25, 0.3) is 0 Å². The zero-order chi connectivity index (χ0) is 15.2. The summed E-state index contributed by atoms with van der Waals surface area (Å²) in [5.74, 6) is 0.327. The van der Waals surface area contributed by atoms with Gasteiger partial charge in [0.1, 0.15) is 5.82 Å². The lowest BCUT2D eigenvalue weighted by atomic mass is 9.74. The maximum Gasteiger partial charge on any atom is 0.126 e. The minimum atomic E-state index is -0.128. The zero-order valence-corrected chi connectivity index (χ0v) is 14.4.